The van der Waals surface area contributed by atoms with Crippen LogP contribution in [0.3, 0.4) is 0 Å². The molecule has 34 heavy (non-hydrogen) atoms. The first-order valence-corrected chi connectivity index (χ1v) is 14.8. The Labute approximate surface area is 214 Å². The first-order valence-electron chi connectivity index (χ1n) is 11.2. The highest BCUT2D eigenvalue weighted by atomic mass is 35.5. The average molecular weight is 541 g/mol. The maximum absolute atomic E-state index is 13.7. The van der Waals surface area contributed by atoms with Gasteiger partial charge in [0.25, 0.3) is 10.0 Å². The molecule has 1 saturated heterocycles. The number of hydrogen-bond donors (Lipinski definition) is 0. The van der Waals surface area contributed by atoms with E-state index < -0.39 is 10.0 Å². The van der Waals surface area contributed by atoms with Gasteiger partial charge in [0.1, 0.15) is 4.21 Å². The van der Waals surface area contributed by atoms with Crippen molar-refractivity contribution in [2.24, 2.45) is 5.92 Å². The van der Waals surface area contributed by atoms with Gasteiger partial charge in [0, 0.05) is 30.6 Å². The summed E-state index contributed by atoms with van der Waals surface area (Å²) in [6.07, 6.45) is 1.83. The number of rotatable bonds is 8. The van der Waals surface area contributed by atoms with Gasteiger partial charge in [0.05, 0.1) is 10.2 Å². The van der Waals surface area contributed by atoms with Crippen LogP contribution in [0.5, 0.6) is 0 Å². The van der Waals surface area contributed by atoms with E-state index in [4.69, 9.17) is 16.6 Å². The Balaban J connectivity index is 1.53. The van der Waals surface area contributed by atoms with E-state index in [1.54, 1.807) is 22.4 Å². The lowest BCUT2D eigenvalue weighted by Gasteiger charge is -2.32. The molecule has 1 aliphatic heterocycles. The molecule has 1 fully saturated rings. The number of aryl methyl sites for hydroxylation is 1. The summed E-state index contributed by atoms with van der Waals surface area (Å²) in [6, 6.07) is 7.18. The number of anilines is 1. The Kier molecular flexibility index (Phi) is 7.95. The maximum atomic E-state index is 13.7. The van der Waals surface area contributed by atoms with Gasteiger partial charge >= 0.3 is 0 Å². The van der Waals surface area contributed by atoms with E-state index in [1.165, 1.54) is 27.0 Å². The van der Waals surface area contributed by atoms with E-state index >= 15 is 0 Å². The number of nitrogens with zero attached hydrogens (tertiary/aromatic N) is 4. The molecular weight excluding hydrogens is 512 g/mol. The monoisotopic (exact) mass is 540 g/mol. The molecule has 0 spiro atoms. The fourth-order valence-corrected chi connectivity index (χ4v) is 7.97. The third kappa shape index (κ3) is 5.32. The van der Waals surface area contributed by atoms with Gasteiger partial charge in [-0.25, -0.2) is 13.4 Å². The van der Waals surface area contributed by atoms with Gasteiger partial charge in [-0.1, -0.05) is 29.0 Å². The van der Waals surface area contributed by atoms with Gasteiger partial charge in [-0.05, 0) is 76.0 Å². The Bertz CT molecular complexity index is 1250. The number of sulfonamides is 1. The van der Waals surface area contributed by atoms with Gasteiger partial charge < -0.3 is 4.90 Å². The number of thiophene rings is 1. The van der Waals surface area contributed by atoms with Crippen LogP contribution in [-0.4, -0.2) is 68.8 Å². The number of halogens is 1. The number of hydrogen-bond acceptors (Lipinski definition) is 7. The van der Waals surface area contributed by atoms with Crippen molar-refractivity contribution in [2.45, 2.75) is 30.4 Å². The van der Waals surface area contributed by atoms with Crippen LogP contribution in [0.2, 0.25) is 5.02 Å². The third-order valence-electron chi connectivity index (χ3n) is 6.11. The molecule has 4 rings (SSSR count). The van der Waals surface area contributed by atoms with Crippen molar-refractivity contribution in [1.29, 1.82) is 0 Å². The van der Waals surface area contributed by atoms with E-state index in [9.17, 15) is 13.2 Å². The van der Waals surface area contributed by atoms with Crippen LogP contribution >= 0.6 is 34.3 Å². The molecule has 0 atom stereocenters. The molecule has 0 N–H and O–H groups in total. The van der Waals surface area contributed by atoms with Crippen molar-refractivity contribution in [1.82, 2.24) is 14.2 Å². The minimum absolute atomic E-state index is 0.0229. The minimum atomic E-state index is -3.49. The highest BCUT2D eigenvalue weighted by Gasteiger charge is 2.35. The zero-order chi connectivity index (χ0) is 24.5. The largest absolute Gasteiger partial charge is 0.309 e. The van der Waals surface area contributed by atoms with E-state index in [-0.39, 0.29) is 11.8 Å². The summed E-state index contributed by atoms with van der Waals surface area (Å²) < 4.78 is 28.6. The van der Waals surface area contributed by atoms with Gasteiger partial charge in [-0.2, -0.15) is 4.31 Å². The van der Waals surface area contributed by atoms with Crippen LogP contribution in [0.25, 0.3) is 10.2 Å². The molecule has 3 aromatic rings. The van der Waals surface area contributed by atoms with Crippen LogP contribution in [0.15, 0.2) is 33.9 Å². The zero-order valence-electron chi connectivity index (χ0n) is 19.5. The van der Waals surface area contributed by atoms with E-state index in [1.807, 2.05) is 33.2 Å². The number of fused-ring (bicyclic) bond motifs is 1. The third-order valence-corrected chi connectivity index (χ3v) is 10.8. The topological polar surface area (TPSA) is 73.8 Å². The van der Waals surface area contributed by atoms with Crippen molar-refractivity contribution < 1.29 is 13.2 Å². The highest BCUT2D eigenvalue weighted by Crippen LogP contribution is 2.35. The molecule has 0 radical (unpaired) electrons. The first-order chi connectivity index (χ1) is 16.2. The summed E-state index contributed by atoms with van der Waals surface area (Å²) in [5.41, 5.74) is 1.74. The summed E-state index contributed by atoms with van der Waals surface area (Å²) in [5.74, 6) is -0.208. The number of carbonyl (C=O) groups is 1. The van der Waals surface area contributed by atoms with E-state index in [0.29, 0.717) is 46.8 Å². The lowest BCUT2D eigenvalue weighted by molar-refractivity contribution is -0.123. The van der Waals surface area contributed by atoms with E-state index in [2.05, 4.69) is 4.90 Å². The van der Waals surface area contributed by atoms with Gasteiger partial charge in [0.2, 0.25) is 5.91 Å². The Hall–Kier alpha value is -1.56. The van der Waals surface area contributed by atoms with Crippen molar-refractivity contribution in [3.63, 3.8) is 0 Å². The number of piperidine rings is 1. The summed E-state index contributed by atoms with van der Waals surface area (Å²) in [7, 11) is 0.534. The minimum Gasteiger partial charge on any atom is -0.309 e. The first kappa shape index (κ1) is 25.5. The van der Waals surface area contributed by atoms with Crippen LogP contribution in [0.1, 0.15) is 24.8 Å². The lowest BCUT2D eigenvalue weighted by atomic mass is 9.96. The van der Waals surface area contributed by atoms with Crippen molar-refractivity contribution in [3.8, 4) is 0 Å². The number of amides is 1. The molecule has 7 nitrogen and oxygen atoms in total. The number of aromatic nitrogens is 1. The molecule has 184 valence electrons. The lowest BCUT2D eigenvalue weighted by Crippen LogP contribution is -2.45. The molecule has 0 aliphatic carbocycles. The Morgan fingerprint density at radius 1 is 1.21 bits per heavy atom. The van der Waals surface area contributed by atoms with Crippen molar-refractivity contribution in [2.75, 3.05) is 45.2 Å². The smallest absolute Gasteiger partial charge is 0.252 e. The summed E-state index contributed by atoms with van der Waals surface area (Å²) in [6.45, 7) is 4.05. The second-order valence-corrected chi connectivity index (χ2v) is 13.3. The molecule has 3 heterocycles. The normalized spacial score (nSPS) is 15.9. The predicted molar refractivity (Wildman–Crippen MR) is 141 cm³/mol. The fraction of sp³-hybridized carbons (Fsp3) is 0.478. The van der Waals surface area contributed by atoms with Crippen LogP contribution in [0.4, 0.5) is 5.13 Å². The number of thiazole rings is 1. The average Bonchev–Trinajstić information content (AvgIpc) is 3.50. The summed E-state index contributed by atoms with van der Waals surface area (Å²) in [5, 5.41) is 3.11. The quantitative estimate of drug-likeness (QED) is 0.414. The zero-order valence-corrected chi connectivity index (χ0v) is 22.7. The predicted octanol–water partition coefficient (Wildman–Crippen LogP) is 4.71. The number of benzene rings is 1. The molecular formula is C23H29ClN4O3S3. The Morgan fingerprint density at radius 2 is 1.94 bits per heavy atom. The molecule has 1 aliphatic rings. The van der Waals surface area contributed by atoms with E-state index in [0.717, 1.165) is 28.7 Å². The Morgan fingerprint density at radius 3 is 2.59 bits per heavy atom. The maximum Gasteiger partial charge on any atom is 0.252 e. The van der Waals surface area contributed by atoms with Gasteiger partial charge in [-0.3, -0.25) is 9.69 Å². The fourth-order valence-electron chi connectivity index (χ4n) is 4.15. The molecule has 1 amide bonds. The SMILES string of the molecule is Cc1c(Cl)ccc2sc(N(CCCN(C)C)C(=O)C3CCN(S(=O)(=O)c4cccs4)CC3)nc12. The number of carbonyl (C=O) groups excluding carboxylic acids is 1. The summed E-state index contributed by atoms with van der Waals surface area (Å²) >= 11 is 9.01. The van der Waals surface area contributed by atoms with Crippen molar-refractivity contribution >= 4 is 65.6 Å². The van der Waals surface area contributed by atoms with Crippen LogP contribution in [-0.2, 0) is 14.8 Å². The van der Waals surface area contributed by atoms with Crippen LogP contribution in [0, 0.1) is 12.8 Å². The molecule has 0 unspecified atom stereocenters. The molecule has 11 heteroatoms. The van der Waals surface area contributed by atoms with Gasteiger partial charge in [0.15, 0.2) is 5.13 Å². The second kappa shape index (κ2) is 10.6. The molecule has 0 saturated carbocycles. The molecule has 1 aromatic carbocycles. The standard InChI is InChI=1S/C23H29ClN4O3S3/c1-16-18(24)7-8-19-21(16)25-23(33-19)28(12-5-11-26(2)3)22(29)17-9-13-27(14-10-17)34(30,31)20-6-4-15-32-20/h4,6-8,15,17H,5,9-14H2,1-3H3. The van der Waals surface area contributed by atoms with Crippen molar-refractivity contribution in [3.05, 3.63) is 40.2 Å². The highest BCUT2D eigenvalue weighted by molar-refractivity contribution is 7.91. The van der Waals surface area contributed by atoms with Crippen LogP contribution < -0.4 is 4.90 Å². The van der Waals surface area contributed by atoms with Gasteiger partial charge in [-0.15, -0.1) is 11.3 Å². The molecule has 2 aromatic heterocycles. The second-order valence-electron chi connectivity index (χ2n) is 8.77. The summed E-state index contributed by atoms with van der Waals surface area (Å²) in [4.78, 5) is 22.4. The molecule has 0 bridgehead atoms.